The van der Waals surface area contributed by atoms with Crippen molar-refractivity contribution in [3.05, 3.63) is 148 Å². The largest absolute Gasteiger partial charge is 0.376 e. The summed E-state index contributed by atoms with van der Waals surface area (Å²) < 4.78 is 28.8. The Morgan fingerprint density at radius 2 is 1.58 bits per heavy atom. The van der Waals surface area contributed by atoms with Gasteiger partial charge in [0.05, 0.1) is 9.82 Å². The molecule has 2 N–H and O–H groups in total. The number of nitrogens with one attached hydrogen (secondary N) is 2. The highest BCUT2D eigenvalue weighted by atomic mass is 35.5. The van der Waals surface area contributed by atoms with Crippen molar-refractivity contribution in [3.63, 3.8) is 0 Å². The van der Waals surface area contributed by atoms with Crippen molar-refractivity contribution in [1.82, 2.24) is 14.5 Å². The van der Waals surface area contributed by atoms with Gasteiger partial charge in [-0.1, -0.05) is 66.2 Å². The van der Waals surface area contributed by atoms with Gasteiger partial charge >= 0.3 is 0 Å². The molecule has 5 aromatic carbocycles. The van der Waals surface area contributed by atoms with Gasteiger partial charge in [-0.3, -0.25) is 19.8 Å². The lowest BCUT2D eigenvalue weighted by molar-refractivity contribution is -0.384. The van der Waals surface area contributed by atoms with Crippen LogP contribution >= 0.6 is 23.4 Å². The van der Waals surface area contributed by atoms with Crippen LogP contribution in [0.2, 0.25) is 5.02 Å². The summed E-state index contributed by atoms with van der Waals surface area (Å²) in [7, 11) is -0.504. The Hall–Kier alpha value is -4.92. The van der Waals surface area contributed by atoms with Gasteiger partial charge in [-0.15, -0.1) is 11.8 Å². The number of rotatable bonds is 17. The van der Waals surface area contributed by atoms with Crippen LogP contribution in [0.15, 0.2) is 131 Å². The SMILES string of the molecule is CN(C)CC[C@H](CSc1ccccc1)Nc1ccc(S(=O)(=O)NC(=O)c2ccc(N3CCN(CCc4ccccc4-c4ccc(Cl)cc4)CC3)cc2)cc1[N+](=O)[O-]. The first-order valence-electron chi connectivity index (χ1n) is 18.8. The zero-order valence-electron chi connectivity index (χ0n) is 32.0. The molecule has 1 saturated heterocycles. The monoisotopic (exact) mass is 826 g/mol. The van der Waals surface area contributed by atoms with Crippen LogP contribution in [0.25, 0.3) is 11.1 Å². The Bertz CT molecular complexity index is 2240. The highest BCUT2D eigenvalue weighted by molar-refractivity contribution is 7.99. The summed E-state index contributed by atoms with van der Waals surface area (Å²) in [5.41, 5.74) is 4.56. The van der Waals surface area contributed by atoms with Gasteiger partial charge in [0.1, 0.15) is 5.69 Å². The summed E-state index contributed by atoms with van der Waals surface area (Å²) in [6.07, 6.45) is 1.63. The maximum absolute atomic E-state index is 13.4. The number of nitro benzene ring substituents is 1. The molecular weight excluding hydrogens is 780 g/mol. The molecule has 6 rings (SSSR count). The molecule has 1 fully saturated rings. The van der Waals surface area contributed by atoms with E-state index in [4.69, 9.17) is 11.6 Å². The van der Waals surface area contributed by atoms with Crippen molar-refractivity contribution in [2.45, 2.75) is 28.7 Å². The summed E-state index contributed by atoms with van der Waals surface area (Å²) in [5, 5.41) is 16.2. The minimum Gasteiger partial charge on any atom is -0.376 e. The van der Waals surface area contributed by atoms with Crippen LogP contribution in [0, 0.1) is 10.1 Å². The standard InChI is InChI=1S/C43H47ClN6O5S2/c1-47(2)24-23-36(31-56-38-9-4-3-5-10-38)45-41-21-20-39(30-42(41)50(52)53)57(54,55)46-43(51)34-14-18-37(19-15-34)49-28-26-48(27-29-49)25-22-32-8-6-7-11-40(32)33-12-16-35(44)17-13-33/h3-21,30,36,45H,22-29,31H2,1-2H3,(H,46,51)/t36-/m1/s1. The highest BCUT2D eigenvalue weighted by Gasteiger charge is 2.26. The van der Waals surface area contributed by atoms with Crippen molar-refractivity contribution >= 4 is 56.4 Å². The number of halogens is 1. The lowest BCUT2D eigenvalue weighted by Gasteiger charge is -2.36. The number of benzene rings is 5. The van der Waals surface area contributed by atoms with Crippen molar-refractivity contribution in [2.24, 2.45) is 0 Å². The van der Waals surface area contributed by atoms with Crippen molar-refractivity contribution in [2.75, 3.05) is 69.3 Å². The van der Waals surface area contributed by atoms with E-state index in [0.29, 0.717) is 12.2 Å². The minimum atomic E-state index is -4.42. The number of nitrogens with zero attached hydrogens (tertiary/aromatic N) is 4. The predicted molar refractivity (Wildman–Crippen MR) is 231 cm³/mol. The first kappa shape index (κ1) is 41.7. The molecule has 0 saturated carbocycles. The van der Waals surface area contributed by atoms with Crippen LogP contribution in [-0.2, 0) is 16.4 Å². The quantitative estimate of drug-likeness (QED) is 0.0542. The van der Waals surface area contributed by atoms with E-state index in [1.807, 2.05) is 73.6 Å². The normalized spacial score (nSPS) is 14.0. The van der Waals surface area contributed by atoms with E-state index in [1.54, 1.807) is 23.9 Å². The Labute approximate surface area is 344 Å². The van der Waals surface area contributed by atoms with Crippen molar-refractivity contribution in [1.29, 1.82) is 0 Å². The van der Waals surface area contributed by atoms with Crippen LogP contribution in [0.5, 0.6) is 0 Å². The Balaban J connectivity index is 1.03. The number of hydrogen-bond acceptors (Lipinski definition) is 10. The number of piperazine rings is 1. The molecule has 0 aliphatic carbocycles. The van der Waals surface area contributed by atoms with E-state index in [1.165, 1.54) is 23.3 Å². The predicted octanol–water partition coefficient (Wildman–Crippen LogP) is 7.92. The van der Waals surface area contributed by atoms with E-state index >= 15 is 0 Å². The number of thioether (sulfide) groups is 1. The third-order valence-corrected chi connectivity index (χ3v) is 12.7. The summed E-state index contributed by atoms with van der Waals surface area (Å²) >= 11 is 7.74. The fourth-order valence-electron chi connectivity index (χ4n) is 6.72. The lowest BCUT2D eigenvalue weighted by Crippen LogP contribution is -2.47. The second-order valence-electron chi connectivity index (χ2n) is 14.2. The number of hydrogen-bond donors (Lipinski definition) is 2. The van der Waals surface area contributed by atoms with Gasteiger partial charge in [-0.2, -0.15) is 0 Å². The summed E-state index contributed by atoms with van der Waals surface area (Å²) in [5.74, 6) is -0.182. The minimum absolute atomic E-state index is 0.139. The number of nitro groups is 1. The van der Waals surface area contributed by atoms with Crippen LogP contribution in [0.1, 0.15) is 22.3 Å². The summed E-state index contributed by atoms with van der Waals surface area (Å²) in [6.45, 7) is 5.07. The van der Waals surface area contributed by atoms with Crippen LogP contribution in [0.3, 0.4) is 0 Å². The zero-order valence-corrected chi connectivity index (χ0v) is 34.4. The molecule has 57 heavy (non-hydrogen) atoms. The fraction of sp³-hybridized carbons (Fsp3) is 0.279. The third kappa shape index (κ3) is 11.6. The molecule has 1 aliphatic rings. The second kappa shape index (κ2) is 19.5. The molecule has 1 atom stereocenters. The van der Waals surface area contributed by atoms with E-state index in [2.05, 4.69) is 56.2 Å². The van der Waals surface area contributed by atoms with E-state index in [0.717, 1.165) is 72.9 Å². The van der Waals surface area contributed by atoms with Gasteiger partial charge < -0.3 is 15.1 Å². The first-order chi connectivity index (χ1) is 27.4. The first-order valence-corrected chi connectivity index (χ1v) is 21.7. The number of amides is 1. The molecule has 5 aromatic rings. The van der Waals surface area contributed by atoms with Crippen LogP contribution in [0.4, 0.5) is 17.1 Å². The van der Waals surface area contributed by atoms with Gasteiger partial charge in [0.2, 0.25) is 0 Å². The third-order valence-electron chi connectivity index (χ3n) is 9.92. The smallest absolute Gasteiger partial charge is 0.293 e. The average molecular weight is 827 g/mol. The lowest BCUT2D eigenvalue weighted by atomic mass is 9.97. The van der Waals surface area contributed by atoms with Crippen molar-refractivity contribution in [3.8, 4) is 11.1 Å². The molecule has 1 amide bonds. The molecule has 0 aromatic heterocycles. The molecule has 14 heteroatoms. The maximum atomic E-state index is 13.4. The number of anilines is 2. The molecule has 1 heterocycles. The summed E-state index contributed by atoms with van der Waals surface area (Å²) in [6, 6.07) is 36.6. The Morgan fingerprint density at radius 3 is 2.26 bits per heavy atom. The average Bonchev–Trinajstić information content (AvgIpc) is 3.22. The molecule has 298 valence electrons. The molecule has 1 aliphatic heterocycles. The molecular formula is C43H47ClN6O5S2. The Kier molecular flexibility index (Phi) is 14.3. The van der Waals surface area contributed by atoms with Gasteiger partial charge in [0.25, 0.3) is 21.6 Å². The van der Waals surface area contributed by atoms with Gasteiger partial charge in [0, 0.05) is 71.8 Å². The molecule has 0 radical (unpaired) electrons. The molecule has 0 bridgehead atoms. The Morgan fingerprint density at radius 1 is 0.895 bits per heavy atom. The zero-order chi connectivity index (χ0) is 40.4. The molecule has 11 nitrogen and oxygen atoms in total. The van der Waals surface area contributed by atoms with Crippen LogP contribution < -0.4 is 14.9 Å². The molecule has 0 spiro atoms. The van der Waals surface area contributed by atoms with E-state index in [9.17, 15) is 23.3 Å². The van der Waals surface area contributed by atoms with E-state index in [-0.39, 0.29) is 22.2 Å². The summed E-state index contributed by atoms with van der Waals surface area (Å²) in [4.78, 5) is 32.2. The number of sulfonamides is 1. The maximum Gasteiger partial charge on any atom is 0.293 e. The highest BCUT2D eigenvalue weighted by Crippen LogP contribution is 2.31. The van der Waals surface area contributed by atoms with E-state index < -0.39 is 26.5 Å². The van der Waals surface area contributed by atoms with Gasteiger partial charge in [-0.25, -0.2) is 13.1 Å². The second-order valence-corrected chi connectivity index (χ2v) is 17.4. The fourth-order valence-corrected chi connectivity index (χ4v) is 8.83. The topological polar surface area (TPSA) is 128 Å². The van der Waals surface area contributed by atoms with Crippen molar-refractivity contribution < 1.29 is 18.1 Å². The van der Waals surface area contributed by atoms with Crippen LogP contribution in [-0.4, -0.2) is 94.2 Å². The van der Waals surface area contributed by atoms with Gasteiger partial charge in [-0.05, 0) is 111 Å². The number of carbonyl (C=O) groups is 1. The number of carbonyl (C=O) groups excluding carboxylic acids is 1. The van der Waals surface area contributed by atoms with Gasteiger partial charge in [0.15, 0.2) is 0 Å². The molecule has 0 unspecified atom stereocenters.